The topological polar surface area (TPSA) is 72.1 Å². The molecule has 5 rings (SSSR count). The molecule has 3 aromatic rings. The second kappa shape index (κ2) is 9.05. The highest BCUT2D eigenvalue weighted by molar-refractivity contribution is 9.10. The zero-order valence-electron chi connectivity index (χ0n) is 19.4. The Kier molecular flexibility index (Phi) is 6.06. The van der Waals surface area contributed by atoms with Gasteiger partial charge in [-0.1, -0.05) is 34.1 Å². The van der Waals surface area contributed by atoms with Gasteiger partial charge in [-0.2, -0.15) is 0 Å². The maximum atomic E-state index is 13.9. The van der Waals surface area contributed by atoms with E-state index >= 15 is 0 Å². The Balaban J connectivity index is 1.62. The van der Waals surface area contributed by atoms with E-state index in [1.165, 1.54) is 0 Å². The number of benzene rings is 3. The molecule has 7 nitrogen and oxygen atoms in total. The molecule has 1 amide bonds. The van der Waals surface area contributed by atoms with Gasteiger partial charge < -0.3 is 24.8 Å². The third kappa shape index (κ3) is 3.98. The van der Waals surface area contributed by atoms with Crippen LogP contribution in [-0.4, -0.2) is 31.0 Å². The Morgan fingerprint density at radius 3 is 2.54 bits per heavy atom. The van der Waals surface area contributed by atoms with Crippen LogP contribution >= 0.6 is 28.1 Å². The molecule has 3 atom stereocenters. The number of halogens is 1. The molecule has 2 N–H and O–H groups in total. The van der Waals surface area contributed by atoms with Crippen molar-refractivity contribution in [3.8, 4) is 17.2 Å². The number of amides is 1. The van der Waals surface area contributed by atoms with Crippen LogP contribution in [0.1, 0.15) is 18.5 Å². The van der Waals surface area contributed by atoms with Crippen molar-refractivity contribution in [3.05, 3.63) is 76.8 Å². The van der Waals surface area contributed by atoms with Crippen molar-refractivity contribution >= 4 is 50.5 Å². The first kappa shape index (κ1) is 23.4. The monoisotopic (exact) mass is 553 g/mol. The van der Waals surface area contributed by atoms with Crippen molar-refractivity contribution in [1.29, 1.82) is 0 Å². The maximum absolute atomic E-state index is 13.9. The molecule has 0 aromatic heterocycles. The summed E-state index contributed by atoms with van der Waals surface area (Å²) in [6.07, 6.45) is 0. The van der Waals surface area contributed by atoms with Crippen LogP contribution in [0.25, 0.3) is 0 Å². The van der Waals surface area contributed by atoms with Gasteiger partial charge >= 0.3 is 0 Å². The lowest BCUT2D eigenvalue weighted by molar-refractivity contribution is -0.130. The summed E-state index contributed by atoms with van der Waals surface area (Å²) in [4.78, 5) is 15.7. The van der Waals surface area contributed by atoms with E-state index in [1.54, 1.807) is 38.5 Å². The zero-order valence-corrected chi connectivity index (χ0v) is 21.8. The van der Waals surface area contributed by atoms with Crippen LogP contribution in [0.4, 0.5) is 11.4 Å². The van der Waals surface area contributed by atoms with Gasteiger partial charge in [0.25, 0.3) is 0 Å². The van der Waals surface area contributed by atoms with Crippen molar-refractivity contribution in [3.63, 3.8) is 0 Å². The van der Waals surface area contributed by atoms with Crippen LogP contribution in [0.5, 0.6) is 17.2 Å². The number of carbonyl (C=O) groups excluding carboxylic acids is 1. The highest BCUT2D eigenvalue weighted by Crippen LogP contribution is 2.52. The smallest absolute Gasteiger partial charge is 0.236 e. The van der Waals surface area contributed by atoms with Gasteiger partial charge in [0.15, 0.2) is 22.3 Å². The first-order valence-electron chi connectivity index (χ1n) is 11.0. The van der Waals surface area contributed by atoms with Gasteiger partial charge in [-0.15, -0.1) is 0 Å². The summed E-state index contributed by atoms with van der Waals surface area (Å²) in [6, 6.07) is 20.2. The minimum atomic E-state index is -1.15. The normalized spacial score (nSPS) is 22.4. The molecule has 0 saturated carbocycles. The summed E-state index contributed by atoms with van der Waals surface area (Å²) < 4.78 is 18.4. The van der Waals surface area contributed by atoms with Gasteiger partial charge in [0.05, 0.1) is 20.3 Å². The molecule has 0 spiro atoms. The number of methoxy groups -OCH3 is 2. The quantitative estimate of drug-likeness (QED) is 0.417. The van der Waals surface area contributed by atoms with Crippen LogP contribution in [0.2, 0.25) is 0 Å². The number of hydrogen-bond acceptors (Lipinski definition) is 5. The molecule has 3 aromatic carbocycles. The molecule has 1 fully saturated rings. The molecule has 35 heavy (non-hydrogen) atoms. The Morgan fingerprint density at radius 1 is 1.11 bits per heavy atom. The molecule has 180 valence electrons. The molecular weight excluding hydrogens is 530 g/mol. The van der Waals surface area contributed by atoms with Crippen molar-refractivity contribution < 1.29 is 19.0 Å². The largest absolute Gasteiger partial charge is 0.497 e. The summed E-state index contributed by atoms with van der Waals surface area (Å²) in [6.45, 7) is 1.89. The van der Waals surface area contributed by atoms with E-state index < -0.39 is 17.7 Å². The summed E-state index contributed by atoms with van der Waals surface area (Å²) in [5.74, 6) is 1.03. The standard InChI is InChI=1S/C26H24BrN3O4S/c1-26-21(24(31)28-16-10-12-18(32-2)13-11-16)22(19-8-5-9-20(33-3)23(19)34-26)29-25(35)30(26)17-7-4-6-15(27)14-17/h4-14,21-22H,1-3H3,(H,28,31)(H,29,35)/t21-,22-,26-/m1/s1. The second-order valence-electron chi connectivity index (χ2n) is 8.47. The number of rotatable bonds is 5. The predicted molar refractivity (Wildman–Crippen MR) is 142 cm³/mol. The Hall–Kier alpha value is -3.30. The highest BCUT2D eigenvalue weighted by Gasteiger charge is 2.59. The molecule has 0 aliphatic carbocycles. The van der Waals surface area contributed by atoms with Crippen LogP contribution < -0.4 is 29.7 Å². The lowest BCUT2D eigenvalue weighted by Gasteiger charge is -2.56. The minimum absolute atomic E-state index is 0.203. The van der Waals surface area contributed by atoms with Gasteiger partial charge in [0.2, 0.25) is 5.91 Å². The van der Waals surface area contributed by atoms with E-state index in [0.29, 0.717) is 28.0 Å². The molecule has 1 saturated heterocycles. The van der Waals surface area contributed by atoms with E-state index in [-0.39, 0.29) is 5.91 Å². The van der Waals surface area contributed by atoms with Gasteiger partial charge in [0.1, 0.15) is 11.7 Å². The Morgan fingerprint density at radius 2 is 1.86 bits per heavy atom. The average Bonchev–Trinajstić information content (AvgIpc) is 2.83. The summed E-state index contributed by atoms with van der Waals surface area (Å²) in [5.41, 5.74) is 1.11. The molecule has 2 bridgehead atoms. The van der Waals surface area contributed by atoms with Crippen molar-refractivity contribution in [2.45, 2.75) is 18.7 Å². The SMILES string of the molecule is COc1ccc(NC(=O)[C@H]2[C@@H]3NC(=S)N(c4cccc(Br)c4)[C@]2(C)Oc2c(OC)cccc23)cc1. The average molecular weight is 554 g/mol. The van der Waals surface area contributed by atoms with Crippen molar-refractivity contribution in [2.75, 3.05) is 24.4 Å². The Bertz CT molecular complexity index is 1300. The number of nitrogens with zero attached hydrogens (tertiary/aromatic N) is 1. The number of para-hydroxylation sites is 1. The van der Waals surface area contributed by atoms with E-state index in [2.05, 4.69) is 26.6 Å². The molecule has 2 aliphatic heterocycles. The van der Waals surface area contributed by atoms with Crippen molar-refractivity contribution in [1.82, 2.24) is 5.32 Å². The van der Waals surface area contributed by atoms with E-state index in [9.17, 15) is 4.79 Å². The van der Waals surface area contributed by atoms with Gasteiger partial charge in [-0.25, -0.2) is 0 Å². The molecule has 9 heteroatoms. The van der Waals surface area contributed by atoms with Crippen LogP contribution in [0.3, 0.4) is 0 Å². The number of fused-ring (bicyclic) bond motifs is 4. The number of nitrogens with one attached hydrogen (secondary N) is 2. The van der Waals surface area contributed by atoms with Crippen molar-refractivity contribution in [2.24, 2.45) is 5.92 Å². The van der Waals surface area contributed by atoms with E-state index in [4.69, 9.17) is 26.4 Å². The lowest BCUT2D eigenvalue weighted by atomic mass is 9.78. The van der Waals surface area contributed by atoms with Crippen LogP contribution in [0, 0.1) is 5.92 Å². The third-order valence-corrected chi connectivity index (χ3v) is 7.21. The van der Waals surface area contributed by atoms with E-state index in [0.717, 1.165) is 15.7 Å². The third-order valence-electron chi connectivity index (χ3n) is 6.42. The molecule has 0 radical (unpaired) electrons. The van der Waals surface area contributed by atoms with Gasteiger partial charge in [-0.3, -0.25) is 9.69 Å². The van der Waals surface area contributed by atoms with Crippen LogP contribution in [0.15, 0.2) is 71.2 Å². The number of ether oxygens (including phenoxy) is 3. The molecule has 2 aliphatic rings. The molecule has 0 unspecified atom stereocenters. The highest BCUT2D eigenvalue weighted by atomic mass is 79.9. The number of thiocarbonyl (C=S) groups is 1. The fraction of sp³-hybridized carbons (Fsp3) is 0.231. The lowest BCUT2D eigenvalue weighted by Crippen LogP contribution is -2.72. The Labute approximate surface area is 217 Å². The molecular formula is C26H24BrN3O4S. The maximum Gasteiger partial charge on any atom is 0.236 e. The number of anilines is 2. The summed E-state index contributed by atoms with van der Waals surface area (Å²) in [5, 5.41) is 6.93. The van der Waals surface area contributed by atoms with E-state index in [1.807, 2.05) is 54.3 Å². The second-order valence-corrected chi connectivity index (χ2v) is 9.78. The minimum Gasteiger partial charge on any atom is -0.497 e. The fourth-order valence-corrected chi connectivity index (χ4v) is 5.63. The van der Waals surface area contributed by atoms with Crippen LogP contribution in [-0.2, 0) is 4.79 Å². The zero-order chi connectivity index (χ0) is 24.7. The summed E-state index contributed by atoms with van der Waals surface area (Å²) >= 11 is 9.35. The van der Waals surface area contributed by atoms with Gasteiger partial charge in [-0.05, 0) is 67.7 Å². The fourth-order valence-electron chi connectivity index (χ4n) is 4.83. The first-order chi connectivity index (χ1) is 16.9. The summed E-state index contributed by atoms with van der Waals surface area (Å²) in [7, 11) is 3.20. The number of carbonyl (C=O) groups is 1. The first-order valence-corrected chi connectivity index (χ1v) is 12.2. The molecule has 2 heterocycles. The predicted octanol–water partition coefficient (Wildman–Crippen LogP) is 5.27. The van der Waals surface area contributed by atoms with Gasteiger partial charge in [0, 0.05) is 21.4 Å². The number of hydrogen-bond donors (Lipinski definition) is 2.